The van der Waals surface area contributed by atoms with Gasteiger partial charge in [0.1, 0.15) is 4.88 Å². The van der Waals surface area contributed by atoms with Crippen LogP contribution in [0.15, 0.2) is 11.7 Å². The van der Waals surface area contributed by atoms with E-state index in [9.17, 15) is 4.79 Å². The number of nitrogens with zero attached hydrogens (tertiary/aromatic N) is 2. The highest BCUT2D eigenvalue weighted by Crippen LogP contribution is 2.32. The average Bonchev–Trinajstić information content (AvgIpc) is 3.16. The number of anilines is 1. The zero-order valence-electron chi connectivity index (χ0n) is 11.9. The van der Waals surface area contributed by atoms with Gasteiger partial charge in [0.2, 0.25) is 0 Å². The minimum atomic E-state index is -0.0967. The summed E-state index contributed by atoms with van der Waals surface area (Å²) in [5, 5.41) is 6.95. The summed E-state index contributed by atoms with van der Waals surface area (Å²) in [6.07, 6.45) is 4.96. The maximum atomic E-state index is 12.3. The second kappa shape index (κ2) is 6.64. The number of aryl methyl sites for hydroxylation is 1. The third-order valence-corrected chi connectivity index (χ3v) is 5.61. The highest BCUT2D eigenvalue weighted by atomic mass is 32.1. The molecule has 0 unspecified atom stereocenters. The molecule has 0 bridgehead atoms. The van der Waals surface area contributed by atoms with Crippen LogP contribution in [-0.4, -0.2) is 29.0 Å². The van der Waals surface area contributed by atoms with E-state index in [2.05, 4.69) is 20.6 Å². The van der Waals surface area contributed by atoms with Crippen molar-refractivity contribution < 1.29 is 4.79 Å². The van der Waals surface area contributed by atoms with Gasteiger partial charge in [-0.05, 0) is 38.3 Å². The van der Waals surface area contributed by atoms with Crippen LogP contribution in [0.5, 0.6) is 0 Å². The first-order valence-corrected chi connectivity index (χ1v) is 8.87. The van der Waals surface area contributed by atoms with Gasteiger partial charge in [0.05, 0.1) is 11.2 Å². The summed E-state index contributed by atoms with van der Waals surface area (Å²) in [6.45, 7) is 4.13. The van der Waals surface area contributed by atoms with Crippen LogP contribution in [0.2, 0.25) is 0 Å². The number of carbonyl (C=O) groups excluding carboxylic acids is 1. The molecular formula is C14H18N4OS2. The summed E-state index contributed by atoms with van der Waals surface area (Å²) in [7, 11) is 0. The fraction of sp³-hybridized carbons (Fsp3) is 0.500. The van der Waals surface area contributed by atoms with Gasteiger partial charge in [0.15, 0.2) is 5.13 Å². The Hall–Kier alpha value is -1.31. The van der Waals surface area contributed by atoms with E-state index in [0.29, 0.717) is 15.9 Å². The van der Waals surface area contributed by atoms with E-state index in [4.69, 9.17) is 0 Å². The smallest absolute Gasteiger partial charge is 0.269 e. The van der Waals surface area contributed by atoms with Crippen LogP contribution in [0, 0.1) is 0 Å². The maximum Gasteiger partial charge on any atom is 0.269 e. The van der Waals surface area contributed by atoms with Crippen molar-refractivity contribution in [2.24, 2.45) is 0 Å². The van der Waals surface area contributed by atoms with Crippen LogP contribution in [0.4, 0.5) is 5.13 Å². The zero-order chi connectivity index (χ0) is 14.7. The summed E-state index contributed by atoms with van der Waals surface area (Å²) in [6, 6.07) is 0. The third kappa shape index (κ3) is 3.30. The molecule has 0 atom stereocenters. The van der Waals surface area contributed by atoms with E-state index in [1.807, 2.05) is 13.1 Å². The van der Waals surface area contributed by atoms with Crippen molar-refractivity contribution in [3.05, 3.63) is 27.2 Å². The quantitative estimate of drug-likeness (QED) is 0.908. The van der Waals surface area contributed by atoms with Gasteiger partial charge in [-0.25, -0.2) is 9.97 Å². The molecule has 1 amide bonds. The Balaban J connectivity index is 1.68. The SMILES string of the molecule is CCc1ncsc1C(=O)Nc1ncc(C2CCNCC2)s1. The number of hydrogen-bond acceptors (Lipinski definition) is 6. The lowest BCUT2D eigenvalue weighted by molar-refractivity contribution is 0.102. The van der Waals surface area contributed by atoms with Gasteiger partial charge >= 0.3 is 0 Å². The summed E-state index contributed by atoms with van der Waals surface area (Å²) in [5.41, 5.74) is 2.57. The topological polar surface area (TPSA) is 66.9 Å². The Kier molecular flexibility index (Phi) is 4.62. The van der Waals surface area contributed by atoms with Gasteiger partial charge in [-0.15, -0.1) is 22.7 Å². The first-order valence-electron chi connectivity index (χ1n) is 7.18. The van der Waals surface area contributed by atoms with Crippen molar-refractivity contribution in [1.29, 1.82) is 0 Å². The number of thiazole rings is 2. The second-order valence-electron chi connectivity index (χ2n) is 5.03. The second-order valence-corrected chi connectivity index (χ2v) is 6.94. The predicted octanol–water partition coefficient (Wildman–Crippen LogP) is 2.88. The van der Waals surface area contributed by atoms with Gasteiger partial charge < -0.3 is 5.32 Å². The Bertz CT molecular complexity index is 616. The molecule has 3 rings (SSSR count). The Morgan fingerprint density at radius 3 is 3.00 bits per heavy atom. The summed E-state index contributed by atoms with van der Waals surface area (Å²) in [5.74, 6) is 0.476. The maximum absolute atomic E-state index is 12.3. The van der Waals surface area contributed by atoms with Crippen LogP contribution in [0.25, 0.3) is 0 Å². The van der Waals surface area contributed by atoms with E-state index in [-0.39, 0.29) is 5.91 Å². The fourth-order valence-corrected chi connectivity index (χ4v) is 4.26. The molecule has 1 saturated heterocycles. The molecule has 0 aromatic carbocycles. The number of carbonyl (C=O) groups is 1. The van der Waals surface area contributed by atoms with Gasteiger partial charge in [-0.1, -0.05) is 6.92 Å². The van der Waals surface area contributed by atoms with Crippen LogP contribution in [-0.2, 0) is 6.42 Å². The molecule has 2 N–H and O–H groups in total. The van der Waals surface area contributed by atoms with Gasteiger partial charge in [0.25, 0.3) is 5.91 Å². The molecule has 1 fully saturated rings. The van der Waals surface area contributed by atoms with Crippen molar-refractivity contribution in [3.8, 4) is 0 Å². The van der Waals surface area contributed by atoms with Crippen molar-refractivity contribution in [1.82, 2.24) is 15.3 Å². The normalized spacial score (nSPS) is 16.0. The van der Waals surface area contributed by atoms with Crippen molar-refractivity contribution in [2.75, 3.05) is 18.4 Å². The minimum absolute atomic E-state index is 0.0967. The molecule has 0 spiro atoms. The number of amides is 1. The molecule has 112 valence electrons. The summed E-state index contributed by atoms with van der Waals surface area (Å²) in [4.78, 5) is 22.8. The average molecular weight is 322 g/mol. The van der Waals surface area contributed by atoms with Gasteiger partial charge in [-0.2, -0.15) is 0 Å². The molecule has 21 heavy (non-hydrogen) atoms. The molecule has 0 saturated carbocycles. The minimum Gasteiger partial charge on any atom is -0.317 e. The molecule has 1 aliphatic rings. The number of rotatable bonds is 4. The van der Waals surface area contributed by atoms with E-state index in [1.54, 1.807) is 16.8 Å². The molecule has 3 heterocycles. The predicted molar refractivity (Wildman–Crippen MR) is 86.4 cm³/mol. The largest absolute Gasteiger partial charge is 0.317 e. The van der Waals surface area contributed by atoms with Crippen LogP contribution in [0.3, 0.4) is 0 Å². The van der Waals surface area contributed by atoms with E-state index < -0.39 is 0 Å². The number of piperidine rings is 1. The monoisotopic (exact) mass is 322 g/mol. The van der Waals surface area contributed by atoms with Crippen molar-refractivity contribution >= 4 is 33.7 Å². The van der Waals surface area contributed by atoms with E-state index >= 15 is 0 Å². The van der Waals surface area contributed by atoms with Gasteiger partial charge in [-0.3, -0.25) is 10.1 Å². The highest BCUT2D eigenvalue weighted by Gasteiger charge is 2.19. The van der Waals surface area contributed by atoms with Crippen LogP contribution >= 0.6 is 22.7 Å². The Labute approximate surface area is 131 Å². The van der Waals surface area contributed by atoms with E-state index in [0.717, 1.165) is 38.0 Å². The Morgan fingerprint density at radius 2 is 2.24 bits per heavy atom. The molecule has 0 aliphatic carbocycles. The molecule has 2 aromatic heterocycles. The van der Waals surface area contributed by atoms with E-state index in [1.165, 1.54) is 16.2 Å². The lowest BCUT2D eigenvalue weighted by Crippen LogP contribution is -2.26. The molecule has 0 radical (unpaired) electrons. The summed E-state index contributed by atoms with van der Waals surface area (Å²) >= 11 is 2.97. The lowest BCUT2D eigenvalue weighted by atomic mass is 9.97. The van der Waals surface area contributed by atoms with Gasteiger partial charge in [0, 0.05) is 11.1 Å². The molecule has 1 aliphatic heterocycles. The third-order valence-electron chi connectivity index (χ3n) is 3.67. The Morgan fingerprint density at radius 1 is 1.43 bits per heavy atom. The first-order chi connectivity index (χ1) is 10.3. The standard InChI is InChI=1S/C14H18N4OS2/c1-2-10-12(20-8-17-10)13(19)18-14-16-7-11(21-14)9-3-5-15-6-4-9/h7-9,15H,2-6H2,1H3,(H,16,18,19). The molecule has 2 aromatic rings. The van der Waals surface area contributed by atoms with Crippen molar-refractivity contribution in [2.45, 2.75) is 32.1 Å². The number of nitrogens with one attached hydrogen (secondary N) is 2. The first kappa shape index (κ1) is 14.6. The fourth-order valence-electron chi connectivity index (χ4n) is 2.50. The van der Waals surface area contributed by atoms with Crippen molar-refractivity contribution in [3.63, 3.8) is 0 Å². The molecule has 5 nitrogen and oxygen atoms in total. The summed E-state index contributed by atoms with van der Waals surface area (Å²) < 4.78 is 0. The lowest BCUT2D eigenvalue weighted by Gasteiger charge is -2.20. The highest BCUT2D eigenvalue weighted by molar-refractivity contribution is 7.16. The van der Waals surface area contributed by atoms with Crippen LogP contribution in [0.1, 0.15) is 45.9 Å². The molecule has 7 heteroatoms. The number of aromatic nitrogens is 2. The zero-order valence-corrected chi connectivity index (χ0v) is 13.5. The number of hydrogen-bond donors (Lipinski definition) is 2. The van der Waals surface area contributed by atoms with Crippen LogP contribution < -0.4 is 10.6 Å². The molecular weight excluding hydrogens is 304 g/mol.